The Kier molecular flexibility index (Phi) is 3.62. The molecule has 0 unspecified atom stereocenters. The van der Waals surface area contributed by atoms with Crippen molar-refractivity contribution >= 4 is 21.8 Å². The number of H-pyrrole nitrogens is 1. The van der Waals surface area contributed by atoms with Crippen molar-refractivity contribution in [3.05, 3.63) is 48.3 Å². The molecule has 2 heterocycles. The minimum Gasteiger partial charge on any atom is -0.496 e. The van der Waals surface area contributed by atoms with E-state index in [9.17, 15) is 5.11 Å². The van der Waals surface area contributed by atoms with Gasteiger partial charge in [-0.25, -0.2) is 0 Å². The Hall–Kier alpha value is -2.33. The van der Waals surface area contributed by atoms with Crippen LogP contribution in [0.5, 0.6) is 5.75 Å². The van der Waals surface area contributed by atoms with Crippen LogP contribution in [-0.4, -0.2) is 27.8 Å². The van der Waals surface area contributed by atoms with Crippen LogP contribution >= 0.6 is 0 Å². The van der Waals surface area contributed by atoms with Crippen molar-refractivity contribution in [1.29, 1.82) is 0 Å². The summed E-state index contributed by atoms with van der Waals surface area (Å²) in [6.07, 6.45) is 3.53. The second-order valence-electron chi connectivity index (χ2n) is 7.45. The predicted molar refractivity (Wildman–Crippen MR) is 101 cm³/mol. The largest absolute Gasteiger partial charge is 0.496 e. The van der Waals surface area contributed by atoms with E-state index >= 15 is 0 Å². The summed E-state index contributed by atoms with van der Waals surface area (Å²) in [7, 11) is 1.69. The molecule has 25 heavy (non-hydrogen) atoms. The molecule has 2 aromatic heterocycles. The van der Waals surface area contributed by atoms with Crippen LogP contribution < -0.4 is 4.74 Å². The van der Waals surface area contributed by atoms with Crippen molar-refractivity contribution in [3.63, 3.8) is 0 Å². The highest BCUT2D eigenvalue weighted by atomic mass is 16.5. The number of aromatic nitrogens is 2. The summed E-state index contributed by atoms with van der Waals surface area (Å²) in [5.74, 6) is 1.02. The highest BCUT2D eigenvalue weighted by Gasteiger charge is 2.46. The minimum atomic E-state index is -0.785. The number of pyridine rings is 1. The lowest BCUT2D eigenvalue weighted by molar-refractivity contribution is 0.0441. The molecule has 1 saturated carbocycles. The van der Waals surface area contributed by atoms with E-state index in [4.69, 9.17) is 9.72 Å². The van der Waals surface area contributed by atoms with Crippen molar-refractivity contribution in [2.24, 2.45) is 5.92 Å². The summed E-state index contributed by atoms with van der Waals surface area (Å²) >= 11 is 0. The first kappa shape index (κ1) is 16.2. The number of hydrogen-bond donors (Lipinski definition) is 2. The maximum absolute atomic E-state index is 11.0. The standard InChI is InChI=1S/C21H24N2O2/c1-12(2)13-8-10-21(3,24)18(13)20-19-14(9-11-22-20)17-15(23-19)6-5-7-16(17)25-4/h5-7,9,11,13,18,23-24H,1,8,10H2,2-4H3/t13-,18-,21-/m0/s1. The molecule has 4 heteroatoms. The summed E-state index contributed by atoms with van der Waals surface area (Å²) in [6.45, 7) is 8.13. The zero-order chi connectivity index (χ0) is 17.8. The van der Waals surface area contributed by atoms with Gasteiger partial charge in [0.25, 0.3) is 0 Å². The Balaban J connectivity index is 2.01. The van der Waals surface area contributed by atoms with Gasteiger partial charge >= 0.3 is 0 Å². The van der Waals surface area contributed by atoms with Gasteiger partial charge in [-0.1, -0.05) is 18.2 Å². The van der Waals surface area contributed by atoms with E-state index in [1.54, 1.807) is 7.11 Å². The number of methoxy groups -OCH3 is 1. The fraction of sp³-hybridized carbons (Fsp3) is 0.381. The molecule has 0 saturated heterocycles. The normalized spacial score (nSPS) is 26.4. The molecule has 1 aliphatic carbocycles. The Morgan fingerprint density at radius 1 is 1.40 bits per heavy atom. The lowest BCUT2D eigenvalue weighted by Gasteiger charge is -2.29. The first-order chi connectivity index (χ1) is 11.9. The summed E-state index contributed by atoms with van der Waals surface area (Å²) in [5, 5.41) is 13.2. The predicted octanol–water partition coefficient (Wildman–Crippen LogP) is 4.55. The van der Waals surface area contributed by atoms with Gasteiger partial charge in [0.05, 0.1) is 29.4 Å². The van der Waals surface area contributed by atoms with Crippen molar-refractivity contribution < 1.29 is 9.84 Å². The van der Waals surface area contributed by atoms with Gasteiger partial charge in [0.15, 0.2) is 0 Å². The highest BCUT2D eigenvalue weighted by molar-refractivity contribution is 6.11. The molecule has 0 aliphatic heterocycles. The molecule has 4 rings (SSSR count). The lowest BCUT2D eigenvalue weighted by atomic mass is 9.80. The molecule has 1 aromatic carbocycles. The number of fused-ring (bicyclic) bond motifs is 3. The summed E-state index contributed by atoms with van der Waals surface area (Å²) in [4.78, 5) is 8.21. The van der Waals surface area contributed by atoms with E-state index in [1.165, 1.54) is 0 Å². The van der Waals surface area contributed by atoms with Gasteiger partial charge in [0.2, 0.25) is 0 Å². The fourth-order valence-corrected chi connectivity index (χ4v) is 4.49. The Bertz CT molecular complexity index is 971. The Morgan fingerprint density at radius 3 is 2.92 bits per heavy atom. The Morgan fingerprint density at radius 2 is 2.20 bits per heavy atom. The molecule has 1 fully saturated rings. The fourth-order valence-electron chi connectivity index (χ4n) is 4.49. The number of rotatable bonds is 3. The number of aliphatic hydroxyl groups is 1. The maximum atomic E-state index is 11.0. The Labute approximate surface area is 147 Å². The molecule has 3 atom stereocenters. The van der Waals surface area contributed by atoms with Crippen LogP contribution in [0.2, 0.25) is 0 Å². The molecule has 0 bridgehead atoms. The summed E-state index contributed by atoms with van der Waals surface area (Å²) in [6, 6.07) is 8.01. The van der Waals surface area contributed by atoms with Crippen LogP contribution in [0.25, 0.3) is 21.8 Å². The SMILES string of the molecule is C=C(C)[C@@H]1CC[C@](C)(O)[C@@H]1c1nccc2c1[nH]c1cccc(OC)c12. The molecule has 4 nitrogen and oxygen atoms in total. The topological polar surface area (TPSA) is 58.1 Å². The number of nitrogens with one attached hydrogen (secondary N) is 1. The smallest absolute Gasteiger partial charge is 0.128 e. The van der Waals surface area contributed by atoms with Gasteiger partial charge in [0, 0.05) is 22.9 Å². The zero-order valence-corrected chi connectivity index (χ0v) is 15.0. The van der Waals surface area contributed by atoms with E-state index < -0.39 is 5.60 Å². The van der Waals surface area contributed by atoms with Crippen LogP contribution in [0, 0.1) is 5.92 Å². The maximum Gasteiger partial charge on any atom is 0.128 e. The molecular weight excluding hydrogens is 312 g/mol. The molecule has 1 aliphatic rings. The van der Waals surface area contributed by atoms with Crippen LogP contribution in [-0.2, 0) is 0 Å². The average Bonchev–Trinajstić information content (AvgIpc) is 3.11. The van der Waals surface area contributed by atoms with Crippen LogP contribution in [0.15, 0.2) is 42.6 Å². The van der Waals surface area contributed by atoms with Gasteiger partial charge < -0.3 is 14.8 Å². The van der Waals surface area contributed by atoms with Crippen LogP contribution in [0.4, 0.5) is 0 Å². The van der Waals surface area contributed by atoms with E-state index in [-0.39, 0.29) is 11.8 Å². The number of nitrogens with zero attached hydrogens (tertiary/aromatic N) is 1. The van der Waals surface area contributed by atoms with Crippen LogP contribution in [0.3, 0.4) is 0 Å². The number of allylic oxidation sites excluding steroid dienone is 1. The molecular formula is C21H24N2O2. The molecule has 0 spiro atoms. The lowest BCUT2D eigenvalue weighted by Crippen LogP contribution is -2.31. The molecule has 130 valence electrons. The number of aromatic amines is 1. The number of ether oxygens (including phenoxy) is 1. The van der Waals surface area contributed by atoms with Crippen molar-refractivity contribution in [3.8, 4) is 5.75 Å². The van der Waals surface area contributed by atoms with E-state index in [0.717, 1.165) is 51.7 Å². The highest BCUT2D eigenvalue weighted by Crippen LogP contribution is 2.50. The van der Waals surface area contributed by atoms with E-state index in [2.05, 4.69) is 11.6 Å². The van der Waals surface area contributed by atoms with Crippen molar-refractivity contribution in [2.45, 2.75) is 38.2 Å². The first-order valence-corrected chi connectivity index (χ1v) is 8.75. The third-order valence-electron chi connectivity index (χ3n) is 5.72. The first-order valence-electron chi connectivity index (χ1n) is 8.75. The molecule has 3 aromatic rings. The molecule has 2 N–H and O–H groups in total. The average molecular weight is 336 g/mol. The van der Waals surface area contributed by atoms with E-state index in [1.807, 2.05) is 44.3 Å². The monoisotopic (exact) mass is 336 g/mol. The van der Waals surface area contributed by atoms with Gasteiger partial charge in [-0.2, -0.15) is 0 Å². The molecule has 0 amide bonds. The minimum absolute atomic E-state index is 0.0623. The number of benzene rings is 1. The zero-order valence-electron chi connectivity index (χ0n) is 15.0. The quantitative estimate of drug-likeness (QED) is 0.690. The van der Waals surface area contributed by atoms with Gasteiger partial charge in [-0.3, -0.25) is 4.98 Å². The second-order valence-corrected chi connectivity index (χ2v) is 7.45. The van der Waals surface area contributed by atoms with Crippen molar-refractivity contribution in [2.75, 3.05) is 7.11 Å². The third-order valence-corrected chi connectivity index (χ3v) is 5.72. The van der Waals surface area contributed by atoms with Crippen LogP contribution in [0.1, 0.15) is 38.3 Å². The van der Waals surface area contributed by atoms with E-state index in [0.29, 0.717) is 0 Å². The van der Waals surface area contributed by atoms with Crippen molar-refractivity contribution in [1.82, 2.24) is 9.97 Å². The van der Waals surface area contributed by atoms with Gasteiger partial charge in [0.1, 0.15) is 5.75 Å². The third kappa shape index (κ3) is 2.35. The summed E-state index contributed by atoms with van der Waals surface area (Å²) < 4.78 is 5.56. The second kappa shape index (κ2) is 5.60. The molecule has 0 radical (unpaired) electrons. The summed E-state index contributed by atoms with van der Waals surface area (Å²) in [5.41, 5.74) is 3.25. The number of hydrogen-bond acceptors (Lipinski definition) is 3. The van der Waals surface area contributed by atoms with Gasteiger partial charge in [-0.15, -0.1) is 0 Å². The van der Waals surface area contributed by atoms with Gasteiger partial charge in [-0.05, 0) is 50.8 Å².